The van der Waals surface area contributed by atoms with Crippen LogP contribution in [-0.4, -0.2) is 27.4 Å². The zero-order valence-corrected chi connectivity index (χ0v) is 12.9. The second-order valence-corrected chi connectivity index (χ2v) is 5.18. The number of rotatable bonds is 5. The molecule has 8 heteroatoms. The molecule has 2 aromatic rings. The third-order valence-electron chi connectivity index (χ3n) is 3.00. The quantitative estimate of drug-likeness (QED) is 0.649. The number of esters is 1. The number of ketones is 1. The van der Waals surface area contributed by atoms with E-state index in [1.807, 2.05) is 4.98 Å². The lowest BCUT2D eigenvalue weighted by molar-refractivity contribution is -0.147. The lowest BCUT2D eigenvalue weighted by Gasteiger charge is -2.13. The molecular formula is C15H13ClN2O5. The van der Waals surface area contributed by atoms with Gasteiger partial charge in [-0.2, -0.15) is 0 Å². The van der Waals surface area contributed by atoms with Crippen molar-refractivity contribution in [2.75, 3.05) is 0 Å². The normalized spacial score (nSPS) is 11.7. The standard InChI is InChI=1S/C15H13ClN2O5/c1-9(14(21)10-2-4-11(16)5-3-10)23-13(20)8-18-7-6-12(19)17-15(18)22/h2-7,9H,8H2,1H3,(H,17,19,22)/t9-/m0/s1. The van der Waals surface area contributed by atoms with Crippen LogP contribution >= 0.6 is 11.6 Å². The predicted octanol–water partition coefficient (Wildman–Crippen LogP) is 1.00. The van der Waals surface area contributed by atoms with E-state index in [1.54, 1.807) is 12.1 Å². The van der Waals surface area contributed by atoms with Gasteiger partial charge in [-0.15, -0.1) is 0 Å². The van der Waals surface area contributed by atoms with Gasteiger partial charge in [0, 0.05) is 22.8 Å². The number of nitrogens with one attached hydrogen (secondary N) is 1. The summed E-state index contributed by atoms with van der Waals surface area (Å²) in [5, 5.41) is 0.489. The summed E-state index contributed by atoms with van der Waals surface area (Å²) in [6, 6.07) is 7.28. The SMILES string of the molecule is C[C@H](OC(=O)Cn1ccc(=O)[nH]c1=O)C(=O)c1ccc(Cl)cc1. The summed E-state index contributed by atoms with van der Waals surface area (Å²) in [7, 11) is 0. The Hall–Kier alpha value is -2.67. The topological polar surface area (TPSA) is 98.2 Å². The van der Waals surface area contributed by atoms with Gasteiger partial charge in [0.1, 0.15) is 6.54 Å². The number of benzene rings is 1. The minimum atomic E-state index is -1.01. The van der Waals surface area contributed by atoms with Gasteiger partial charge >= 0.3 is 11.7 Å². The van der Waals surface area contributed by atoms with Crippen LogP contribution in [0.1, 0.15) is 17.3 Å². The van der Waals surface area contributed by atoms with Crippen LogP contribution in [0.5, 0.6) is 0 Å². The fraction of sp³-hybridized carbons (Fsp3) is 0.200. The second kappa shape index (κ2) is 7.06. The molecule has 0 amide bonds. The molecule has 0 fully saturated rings. The number of Topliss-reactive ketones (excluding diaryl/α,β-unsaturated/α-hetero) is 1. The molecule has 0 bridgehead atoms. The van der Waals surface area contributed by atoms with Crippen molar-refractivity contribution in [1.82, 2.24) is 9.55 Å². The molecule has 0 radical (unpaired) electrons. The van der Waals surface area contributed by atoms with Crippen LogP contribution in [-0.2, 0) is 16.1 Å². The first-order chi connectivity index (χ1) is 10.9. The van der Waals surface area contributed by atoms with E-state index in [2.05, 4.69) is 0 Å². The molecule has 23 heavy (non-hydrogen) atoms. The summed E-state index contributed by atoms with van der Waals surface area (Å²) in [5.41, 5.74) is -0.937. The molecule has 120 valence electrons. The van der Waals surface area contributed by atoms with Crippen molar-refractivity contribution in [3.8, 4) is 0 Å². The van der Waals surface area contributed by atoms with Crippen molar-refractivity contribution < 1.29 is 14.3 Å². The summed E-state index contributed by atoms with van der Waals surface area (Å²) in [6.45, 7) is 1.03. The van der Waals surface area contributed by atoms with Gasteiger partial charge in [0.05, 0.1) is 0 Å². The first kappa shape index (κ1) is 16.7. The third kappa shape index (κ3) is 4.40. The number of aromatic amines is 1. The smallest absolute Gasteiger partial charge is 0.328 e. The average molecular weight is 337 g/mol. The molecule has 1 aromatic carbocycles. The molecule has 0 aliphatic rings. The van der Waals surface area contributed by atoms with Gasteiger partial charge in [0.2, 0.25) is 5.78 Å². The molecule has 0 aliphatic carbocycles. The van der Waals surface area contributed by atoms with Crippen LogP contribution in [0.4, 0.5) is 0 Å². The minimum Gasteiger partial charge on any atom is -0.453 e. The maximum atomic E-state index is 12.1. The zero-order chi connectivity index (χ0) is 17.0. The summed E-state index contributed by atoms with van der Waals surface area (Å²) in [5.74, 6) is -1.15. The van der Waals surface area contributed by atoms with Crippen LogP contribution in [0.25, 0.3) is 0 Å². The molecule has 1 N–H and O–H groups in total. The van der Waals surface area contributed by atoms with E-state index in [0.717, 1.165) is 10.6 Å². The molecule has 1 aromatic heterocycles. The van der Waals surface area contributed by atoms with Gasteiger partial charge in [-0.3, -0.25) is 23.9 Å². The number of halogens is 1. The first-order valence-corrected chi connectivity index (χ1v) is 7.03. The van der Waals surface area contributed by atoms with Crippen LogP contribution in [0, 0.1) is 0 Å². The molecule has 0 unspecified atom stereocenters. The number of ether oxygens (including phenoxy) is 1. The number of carbonyl (C=O) groups excluding carboxylic acids is 2. The number of nitrogens with zero attached hydrogens (tertiary/aromatic N) is 1. The lowest BCUT2D eigenvalue weighted by atomic mass is 10.1. The Morgan fingerprint density at radius 3 is 2.48 bits per heavy atom. The highest BCUT2D eigenvalue weighted by molar-refractivity contribution is 6.30. The Balaban J connectivity index is 2.01. The van der Waals surface area contributed by atoms with Gasteiger partial charge in [0.15, 0.2) is 6.10 Å². The maximum Gasteiger partial charge on any atom is 0.328 e. The van der Waals surface area contributed by atoms with Crippen molar-refractivity contribution in [1.29, 1.82) is 0 Å². The Labute approximate surface area is 135 Å². The summed E-state index contributed by atoms with van der Waals surface area (Å²) < 4.78 is 5.99. The van der Waals surface area contributed by atoms with Gasteiger partial charge in [0.25, 0.3) is 5.56 Å². The molecule has 2 rings (SSSR count). The van der Waals surface area contributed by atoms with E-state index in [4.69, 9.17) is 16.3 Å². The first-order valence-electron chi connectivity index (χ1n) is 6.66. The highest BCUT2D eigenvalue weighted by atomic mass is 35.5. The molecular weight excluding hydrogens is 324 g/mol. The monoisotopic (exact) mass is 336 g/mol. The van der Waals surface area contributed by atoms with Gasteiger partial charge in [-0.25, -0.2) is 4.79 Å². The van der Waals surface area contributed by atoms with Crippen LogP contribution < -0.4 is 11.2 Å². The molecule has 0 saturated heterocycles. The minimum absolute atomic E-state index is 0.357. The second-order valence-electron chi connectivity index (χ2n) is 4.74. The summed E-state index contributed by atoms with van der Waals surface area (Å²) >= 11 is 5.74. The van der Waals surface area contributed by atoms with Crippen molar-refractivity contribution in [2.24, 2.45) is 0 Å². The maximum absolute atomic E-state index is 12.1. The lowest BCUT2D eigenvalue weighted by Crippen LogP contribution is -2.33. The largest absolute Gasteiger partial charge is 0.453 e. The van der Waals surface area contributed by atoms with Crippen molar-refractivity contribution >= 4 is 23.4 Å². The van der Waals surface area contributed by atoms with Crippen molar-refractivity contribution in [3.05, 3.63) is 68.0 Å². The van der Waals surface area contributed by atoms with E-state index in [-0.39, 0.29) is 5.78 Å². The molecule has 1 atom stereocenters. The van der Waals surface area contributed by atoms with Crippen molar-refractivity contribution in [3.63, 3.8) is 0 Å². The van der Waals surface area contributed by atoms with Crippen LogP contribution in [0.15, 0.2) is 46.1 Å². The molecule has 0 spiro atoms. The van der Waals surface area contributed by atoms with E-state index < -0.39 is 29.9 Å². The molecule has 7 nitrogen and oxygen atoms in total. The fourth-order valence-electron chi connectivity index (χ4n) is 1.84. The number of aromatic nitrogens is 2. The Morgan fingerprint density at radius 2 is 1.87 bits per heavy atom. The van der Waals surface area contributed by atoms with Crippen molar-refractivity contribution in [2.45, 2.75) is 19.6 Å². The van der Waals surface area contributed by atoms with Crippen LogP contribution in [0.2, 0.25) is 5.02 Å². The number of H-pyrrole nitrogens is 1. The number of hydrogen-bond donors (Lipinski definition) is 1. The van der Waals surface area contributed by atoms with Crippen LogP contribution in [0.3, 0.4) is 0 Å². The van der Waals surface area contributed by atoms with Gasteiger partial charge in [-0.05, 0) is 31.2 Å². The van der Waals surface area contributed by atoms with Gasteiger partial charge < -0.3 is 4.74 Å². The summed E-state index contributed by atoms with van der Waals surface area (Å²) in [4.78, 5) is 48.3. The molecule has 1 heterocycles. The number of carbonyl (C=O) groups is 2. The fourth-order valence-corrected chi connectivity index (χ4v) is 1.97. The van der Waals surface area contributed by atoms with E-state index in [0.29, 0.717) is 10.6 Å². The summed E-state index contributed by atoms with van der Waals surface area (Å²) in [6.07, 6.45) is 0.163. The Kier molecular flexibility index (Phi) is 5.13. The zero-order valence-electron chi connectivity index (χ0n) is 12.1. The molecule has 0 saturated carbocycles. The molecule has 0 aliphatic heterocycles. The Morgan fingerprint density at radius 1 is 1.22 bits per heavy atom. The Bertz CT molecular complexity index is 838. The van der Waals surface area contributed by atoms with Gasteiger partial charge in [-0.1, -0.05) is 11.6 Å². The van der Waals surface area contributed by atoms with E-state index in [1.165, 1.54) is 25.3 Å². The third-order valence-corrected chi connectivity index (χ3v) is 3.25. The highest BCUT2D eigenvalue weighted by Gasteiger charge is 2.19. The predicted molar refractivity (Wildman–Crippen MR) is 82.7 cm³/mol. The van der Waals surface area contributed by atoms with E-state index >= 15 is 0 Å². The van der Waals surface area contributed by atoms with E-state index in [9.17, 15) is 19.2 Å². The highest BCUT2D eigenvalue weighted by Crippen LogP contribution is 2.12. The number of hydrogen-bond acceptors (Lipinski definition) is 5. The average Bonchev–Trinajstić information content (AvgIpc) is 2.50.